The van der Waals surface area contributed by atoms with Crippen molar-refractivity contribution in [1.29, 1.82) is 0 Å². The van der Waals surface area contributed by atoms with Gasteiger partial charge >= 0.3 is 0 Å². The number of methoxy groups -OCH3 is 1. The van der Waals surface area contributed by atoms with E-state index >= 15 is 0 Å². The summed E-state index contributed by atoms with van der Waals surface area (Å²) in [6.45, 7) is 4.17. The van der Waals surface area contributed by atoms with Crippen LogP contribution < -0.4 is 15.0 Å². The third-order valence-electron chi connectivity index (χ3n) is 4.57. The maximum atomic E-state index is 12.6. The lowest BCUT2D eigenvalue weighted by atomic mass is 10.1. The van der Waals surface area contributed by atoms with Crippen molar-refractivity contribution in [2.24, 2.45) is 5.92 Å². The van der Waals surface area contributed by atoms with E-state index in [9.17, 15) is 9.59 Å². The Labute approximate surface area is 157 Å². The Bertz CT molecular complexity index is 866. The van der Waals surface area contributed by atoms with Crippen molar-refractivity contribution in [2.75, 3.05) is 23.9 Å². The minimum Gasteiger partial charge on any atom is -0.495 e. The van der Waals surface area contributed by atoms with Crippen molar-refractivity contribution >= 4 is 34.8 Å². The Morgan fingerprint density at radius 3 is 2.69 bits per heavy atom. The second kappa shape index (κ2) is 7.38. The van der Waals surface area contributed by atoms with E-state index in [2.05, 4.69) is 5.32 Å². The molecule has 1 N–H and O–H groups in total. The number of nitrogens with zero attached hydrogens (tertiary/aromatic N) is 1. The fourth-order valence-corrected chi connectivity index (χ4v) is 3.36. The Balaban J connectivity index is 1.77. The zero-order valence-corrected chi connectivity index (χ0v) is 15.8. The molecule has 0 aromatic heterocycles. The van der Waals surface area contributed by atoms with E-state index in [1.54, 1.807) is 30.2 Å². The van der Waals surface area contributed by atoms with Gasteiger partial charge in [-0.1, -0.05) is 17.7 Å². The monoisotopic (exact) mass is 372 g/mol. The van der Waals surface area contributed by atoms with Gasteiger partial charge < -0.3 is 15.0 Å². The second-order valence-electron chi connectivity index (χ2n) is 6.53. The van der Waals surface area contributed by atoms with Gasteiger partial charge in [-0.05, 0) is 55.3 Å². The summed E-state index contributed by atoms with van der Waals surface area (Å²) < 4.78 is 5.37. The molecule has 136 valence electrons. The SMILES string of the molecule is COc1ccc(C)cc1N1C[C@H](C(=O)Nc2ccc(Cl)cc2C)CC1=O. The van der Waals surface area contributed by atoms with Gasteiger partial charge in [-0.15, -0.1) is 0 Å². The van der Waals surface area contributed by atoms with Crippen molar-refractivity contribution in [1.82, 2.24) is 0 Å². The second-order valence-corrected chi connectivity index (χ2v) is 6.97. The number of hydrogen-bond acceptors (Lipinski definition) is 3. The molecule has 0 aliphatic carbocycles. The summed E-state index contributed by atoms with van der Waals surface area (Å²) in [4.78, 5) is 26.8. The molecule has 0 spiro atoms. The summed E-state index contributed by atoms with van der Waals surface area (Å²) in [5, 5.41) is 3.52. The molecule has 0 bridgehead atoms. The topological polar surface area (TPSA) is 58.6 Å². The van der Waals surface area contributed by atoms with E-state index in [-0.39, 0.29) is 18.2 Å². The zero-order chi connectivity index (χ0) is 18.8. The number of hydrogen-bond donors (Lipinski definition) is 1. The molecule has 0 saturated carbocycles. The summed E-state index contributed by atoms with van der Waals surface area (Å²) in [5.41, 5.74) is 3.32. The van der Waals surface area contributed by atoms with Crippen molar-refractivity contribution in [3.05, 3.63) is 52.5 Å². The fourth-order valence-electron chi connectivity index (χ4n) is 3.13. The predicted molar refractivity (Wildman–Crippen MR) is 103 cm³/mol. The standard InChI is InChI=1S/C20H21ClN2O3/c1-12-4-7-18(26-3)17(8-12)23-11-14(10-19(23)24)20(25)22-16-6-5-15(21)9-13(16)2/h4-9,14H,10-11H2,1-3H3,(H,22,25)/t14-/m1/s1. The van der Waals surface area contributed by atoms with Crippen molar-refractivity contribution in [3.8, 4) is 5.75 Å². The first-order valence-corrected chi connectivity index (χ1v) is 8.79. The van der Waals surface area contributed by atoms with Crippen LogP contribution in [0.15, 0.2) is 36.4 Å². The fraction of sp³-hybridized carbons (Fsp3) is 0.300. The highest BCUT2D eigenvalue weighted by atomic mass is 35.5. The average molecular weight is 373 g/mol. The summed E-state index contributed by atoms with van der Waals surface area (Å²) in [6.07, 6.45) is 0.176. The number of aryl methyl sites for hydroxylation is 2. The Morgan fingerprint density at radius 2 is 2.00 bits per heavy atom. The molecule has 1 aliphatic rings. The molecule has 26 heavy (non-hydrogen) atoms. The van der Waals surface area contributed by atoms with Crippen LogP contribution in [0, 0.1) is 19.8 Å². The number of carbonyl (C=O) groups excluding carboxylic acids is 2. The van der Waals surface area contributed by atoms with E-state index in [1.807, 2.05) is 32.0 Å². The van der Waals surface area contributed by atoms with E-state index in [0.29, 0.717) is 28.7 Å². The maximum Gasteiger partial charge on any atom is 0.229 e. The number of benzene rings is 2. The van der Waals surface area contributed by atoms with Crippen molar-refractivity contribution in [2.45, 2.75) is 20.3 Å². The summed E-state index contributed by atoms with van der Waals surface area (Å²) >= 11 is 5.95. The van der Waals surface area contributed by atoms with Gasteiger partial charge in [0.1, 0.15) is 5.75 Å². The van der Waals surface area contributed by atoms with Gasteiger partial charge in [0.25, 0.3) is 0 Å². The molecule has 1 fully saturated rings. The van der Waals surface area contributed by atoms with Crippen LogP contribution in [0.2, 0.25) is 5.02 Å². The molecule has 1 heterocycles. The van der Waals surface area contributed by atoms with Gasteiger partial charge in [0.05, 0.1) is 18.7 Å². The average Bonchev–Trinajstić information content (AvgIpc) is 2.99. The van der Waals surface area contributed by atoms with E-state index in [0.717, 1.165) is 11.1 Å². The van der Waals surface area contributed by atoms with E-state index in [4.69, 9.17) is 16.3 Å². The van der Waals surface area contributed by atoms with Crippen LogP contribution in [0.25, 0.3) is 0 Å². The molecule has 5 nitrogen and oxygen atoms in total. The number of ether oxygens (including phenoxy) is 1. The first kappa shape index (κ1) is 18.3. The first-order valence-electron chi connectivity index (χ1n) is 8.41. The minimum atomic E-state index is -0.414. The lowest BCUT2D eigenvalue weighted by molar-refractivity contribution is -0.122. The number of amides is 2. The normalized spacial score (nSPS) is 16.7. The molecule has 1 saturated heterocycles. The Hall–Kier alpha value is -2.53. The third kappa shape index (κ3) is 3.68. The molecule has 2 aromatic carbocycles. The van der Waals surface area contributed by atoms with Crippen LogP contribution in [-0.4, -0.2) is 25.5 Å². The summed E-state index contributed by atoms with van der Waals surface area (Å²) in [7, 11) is 1.57. The van der Waals surface area contributed by atoms with Crippen LogP contribution in [-0.2, 0) is 9.59 Å². The van der Waals surface area contributed by atoms with Crippen molar-refractivity contribution < 1.29 is 14.3 Å². The van der Waals surface area contributed by atoms with Crippen molar-refractivity contribution in [3.63, 3.8) is 0 Å². The van der Waals surface area contributed by atoms with Crippen LogP contribution in [0.4, 0.5) is 11.4 Å². The lowest BCUT2D eigenvalue weighted by Crippen LogP contribution is -2.28. The largest absolute Gasteiger partial charge is 0.495 e. The van der Waals surface area contributed by atoms with Crippen LogP contribution in [0.1, 0.15) is 17.5 Å². The molecule has 0 unspecified atom stereocenters. The predicted octanol–water partition coefficient (Wildman–Crippen LogP) is 3.96. The van der Waals surface area contributed by atoms with Gasteiger partial charge in [0, 0.05) is 23.7 Å². The highest BCUT2D eigenvalue weighted by molar-refractivity contribution is 6.30. The number of anilines is 2. The molecule has 0 radical (unpaired) electrons. The summed E-state index contributed by atoms with van der Waals surface area (Å²) in [6, 6.07) is 11.0. The van der Waals surface area contributed by atoms with Gasteiger partial charge in [-0.2, -0.15) is 0 Å². The molecule has 2 aromatic rings. The molecule has 6 heteroatoms. The highest BCUT2D eigenvalue weighted by Gasteiger charge is 2.36. The van der Waals surface area contributed by atoms with Crippen LogP contribution in [0.3, 0.4) is 0 Å². The Morgan fingerprint density at radius 1 is 1.23 bits per heavy atom. The first-order chi connectivity index (χ1) is 12.4. The minimum absolute atomic E-state index is 0.0816. The number of halogens is 1. The zero-order valence-electron chi connectivity index (χ0n) is 15.0. The quantitative estimate of drug-likeness (QED) is 0.883. The van der Waals surface area contributed by atoms with Crippen LogP contribution >= 0.6 is 11.6 Å². The van der Waals surface area contributed by atoms with E-state index in [1.165, 1.54) is 0 Å². The Kier molecular flexibility index (Phi) is 5.18. The highest BCUT2D eigenvalue weighted by Crippen LogP contribution is 2.34. The molecular formula is C20H21ClN2O3. The van der Waals surface area contributed by atoms with Gasteiger partial charge in [-0.25, -0.2) is 0 Å². The van der Waals surface area contributed by atoms with Crippen LogP contribution in [0.5, 0.6) is 5.75 Å². The number of nitrogens with one attached hydrogen (secondary N) is 1. The molecule has 1 aliphatic heterocycles. The van der Waals surface area contributed by atoms with Gasteiger partial charge in [0.2, 0.25) is 11.8 Å². The third-order valence-corrected chi connectivity index (χ3v) is 4.80. The maximum absolute atomic E-state index is 12.6. The smallest absolute Gasteiger partial charge is 0.229 e. The number of carbonyl (C=O) groups is 2. The molecular weight excluding hydrogens is 352 g/mol. The molecule has 1 atom stereocenters. The number of rotatable bonds is 4. The van der Waals surface area contributed by atoms with Gasteiger partial charge in [0.15, 0.2) is 0 Å². The molecule has 3 rings (SSSR count). The van der Waals surface area contributed by atoms with E-state index < -0.39 is 5.92 Å². The summed E-state index contributed by atoms with van der Waals surface area (Å²) in [5.74, 6) is -0.0406. The lowest BCUT2D eigenvalue weighted by Gasteiger charge is -2.20. The van der Waals surface area contributed by atoms with Gasteiger partial charge in [-0.3, -0.25) is 9.59 Å². The molecule has 2 amide bonds.